The first-order valence-corrected chi connectivity index (χ1v) is 7.48. The molecule has 2 aromatic rings. The molecule has 0 saturated carbocycles. The average Bonchev–Trinajstić information content (AvgIpc) is 2.41. The fourth-order valence-corrected chi connectivity index (χ4v) is 2.59. The molecule has 3 heteroatoms. The maximum absolute atomic E-state index is 11.2. The molecule has 0 spiro atoms. The predicted octanol–water partition coefficient (Wildman–Crippen LogP) is 5.18. The molecule has 104 valence electrons. The highest BCUT2D eigenvalue weighted by Crippen LogP contribution is 2.27. The Morgan fingerprint density at radius 3 is 1.90 bits per heavy atom. The zero-order chi connectivity index (χ0) is 14.5. The minimum absolute atomic E-state index is 0.0617. The molecule has 0 aliphatic rings. The molecule has 0 amide bonds. The predicted molar refractivity (Wildman–Crippen MR) is 84.0 cm³/mol. The number of ether oxygens (including phenoxy) is 1. The Morgan fingerprint density at radius 2 is 1.45 bits per heavy atom. The summed E-state index contributed by atoms with van der Waals surface area (Å²) in [7, 11) is 0. The molecule has 0 atom stereocenters. The number of hydrogen-bond acceptors (Lipinski definition) is 3. The lowest BCUT2D eigenvalue weighted by Crippen LogP contribution is -1.91. The van der Waals surface area contributed by atoms with Gasteiger partial charge in [-0.3, -0.25) is 4.79 Å². The molecule has 0 bridgehead atoms. The second-order valence-electron chi connectivity index (χ2n) is 4.82. The van der Waals surface area contributed by atoms with E-state index >= 15 is 0 Å². The van der Waals surface area contributed by atoms with Gasteiger partial charge in [0.25, 0.3) is 0 Å². The van der Waals surface area contributed by atoms with Gasteiger partial charge in [-0.2, -0.15) is 0 Å². The Balaban J connectivity index is 2.04. The monoisotopic (exact) mass is 286 g/mol. The van der Waals surface area contributed by atoms with E-state index in [4.69, 9.17) is 4.74 Å². The van der Waals surface area contributed by atoms with Crippen LogP contribution in [0.5, 0.6) is 11.5 Å². The second kappa shape index (κ2) is 6.62. The summed E-state index contributed by atoms with van der Waals surface area (Å²) in [4.78, 5) is 12.4. The molecular weight excluding hydrogens is 268 g/mol. The van der Waals surface area contributed by atoms with Gasteiger partial charge in [0.15, 0.2) is 5.78 Å². The zero-order valence-electron chi connectivity index (χ0n) is 11.9. The van der Waals surface area contributed by atoms with Crippen molar-refractivity contribution < 1.29 is 9.53 Å². The minimum atomic E-state index is 0.0617. The van der Waals surface area contributed by atoms with Gasteiger partial charge in [-0.05, 0) is 55.5 Å². The van der Waals surface area contributed by atoms with Gasteiger partial charge in [-0.1, -0.05) is 13.8 Å². The summed E-state index contributed by atoms with van der Waals surface area (Å²) < 4.78 is 5.75. The number of ketones is 1. The lowest BCUT2D eigenvalue weighted by molar-refractivity contribution is 0.101. The molecule has 0 saturated heterocycles. The van der Waals surface area contributed by atoms with E-state index in [9.17, 15) is 4.79 Å². The highest BCUT2D eigenvalue weighted by molar-refractivity contribution is 7.99. The molecule has 0 radical (unpaired) electrons. The second-order valence-corrected chi connectivity index (χ2v) is 6.47. The summed E-state index contributed by atoms with van der Waals surface area (Å²) in [6.07, 6.45) is 0. The van der Waals surface area contributed by atoms with Gasteiger partial charge in [0.2, 0.25) is 0 Å². The van der Waals surface area contributed by atoms with Crippen LogP contribution in [0.25, 0.3) is 0 Å². The normalized spacial score (nSPS) is 10.6. The van der Waals surface area contributed by atoms with Gasteiger partial charge in [0.1, 0.15) is 11.5 Å². The fraction of sp³-hybridized carbons (Fsp3) is 0.235. The summed E-state index contributed by atoms with van der Waals surface area (Å²) in [6.45, 7) is 5.90. The molecule has 0 heterocycles. The largest absolute Gasteiger partial charge is 0.457 e. The van der Waals surface area contributed by atoms with Crippen molar-refractivity contribution in [3.8, 4) is 11.5 Å². The van der Waals surface area contributed by atoms with Gasteiger partial charge in [-0.15, -0.1) is 11.8 Å². The van der Waals surface area contributed by atoms with Crippen LogP contribution in [0.1, 0.15) is 31.1 Å². The van der Waals surface area contributed by atoms with Gasteiger partial charge < -0.3 is 4.74 Å². The van der Waals surface area contributed by atoms with Crippen LogP contribution >= 0.6 is 11.8 Å². The van der Waals surface area contributed by atoms with E-state index in [-0.39, 0.29) is 5.78 Å². The maximum Gasteiger partial charge on any atom is 0.159 e. The van der Waals surface area contributed by atoms with Gasteiger partial charge in [-0.25, -0.2) is 0 Å². The van der Waals surface area contributed by atoms with Crippen LogP contribution in [0.15, 0.2) is 53.4 Å². The van der Waals surface area contributed by atoms with E-state index in [2.05, 4.69) is 26.0 Å². The van der Waals surface area contributed by atoms with Gasteiger partial charge >= 0.3 is 0 Å². The molecule has 0 fully saturated rings. The van der Waals surface area contributed by atoms with Crippen LogP contribution in [-0.2, 0) is 0 Å². The number of benzene rings is 2. The molecule has 0 aliphatic heterocycles. The first kappa shape index (κ1) is 14.7. The Hall–Kier alpha value is -1.74. The molecule has 20 heavy (non-hydrogen) atoms. The van der Waals surface area contributed by atoms with E-state index < -0.39 is 0 Å². The number of thioether (sulfide) groups is 1. The van der Waals surface area contributed by atoms with E-state index in [0.29, 0.717) is 10.8 Å². The van der Waals surface area contributed by atoms with Gasteiger partial charge in [0.05, 0.1) is 0 Å². The summed E-state index contributed by atoms with van der Waals surface area (Å²) in [6, 6.07) is 15.2. The minimum Gasteiger partial charge on any atom is -0.457 e. The van der Waals surface area contributed by atoms with Gasteiger partial charge in [0, 0.05) is 15.7 Å². The van der Waals surface area contributed by atoms with Crippen molar-refractivity contribution in [3.05, 3.63) is 54.1 Å². The fourth-order valence-electron chi connectivity index (χ4n) is 1.75. The van der Waals surface area contributed by atoms with Crippen LogP contribution in [-0.4, -0.2) is 11.0 Å². The standard InChI is InChI=1S/C17H18O2S/c1-12(2)20-17-10-8-16(9-11-17)19-15-6-4-14(5-7-15)13(3)18/h4-12H,1-3H3. The lowest BCUT2D eigenvalue weighted by atomic mass is 10.1. The smallest absolute Gasteiger partial charge is 0.159 e. The van der Waals surface area contributed by atoms with Crippen molar-refractivity contribution in [3.63, 3.8) is 0 Å². The Labute approximate surface area is 124 Å². The summed E-state index contributed by atoms with van der Waals surface area (Å²) >= 11 is 1.83. The van der Waals surface area contributed by atoms with Crippen LogP contribution in [0.2, 0.25) is 0 Å². The van der Waals surface area contributed by atoms with Crippen LogP contribution in [0.4, 0.5) is 0 Å². The molecular formula is C17H18O2S. The van der Waals surface area contributed by atoms with Crippen molar-refractivity contribution >= 4 is 17.5 Å². The van der Waals surface area contributed by atoms with E-state index in [0.717, 1.165) is 11.5 Å². The maximum atomic E-state index is 11.2. The number of rotatable bonds is 5. The van der Waals surface area contributed by atoms with E-state index in [1.807, 2.05) is 36.0 Å². The Kier molecular flexibility index (Phi) is 4.85. The Bertz CT molecular complexity index is 571. The third-order valence-corrected chi connectivity index (χ3v) is 3.71. The molecule has 0 aliphatic carbocycles. The highest BCUT2D eigenvalue weighted by Gasteiger charge is 2.02. The Morgan fingerprint density at radius 1 is 0.950 bits per heavy atom. The van der Waals surface area contributed by atoms with E-state index in [1.165, 1.54) is 4.90 Å². The van der Waals surface area contributed by atoms with Crippen molar-refractivity contribution in [1.82, 2.24) is 0 Å². The quantitative estimate of drug-likeness (QED) is 0.559. The summed E-state index contributed by atoms with van der Waals surface area (Å²) in [5.41, 5.74) is 0.695. The number of carbonyl (C=O) groups is 1. The van der Waals surface area contributed by atoms with E-state index in [1.54, 1.807) is 19.1 Å². The molecule has 2 rings (SSSR count). The van der Waals surface area contributed by atoms with Crippen molar-refractivity contribution in [2.75, 3.05) is 0 Å². The first-order chi connectivity index (χ1) is 9.54. The topological polar surface area (TPSA) is 26.3 Å². The van der Waals surface area contributed by atoms with Crippen molar-refractivity contribution in [1.29, 1.82) is 0 Å². The lowest BCUT2D eigenvalue weighted by Gasteiger charge is -2.08. The van der Waals surface area contributed by atoms with Crippen molar-refractivity contribution in [2.24, 2.45) is 0 Å². The number of carbonyl (C=O) groups excluding carboxylic acids is 1. The third-order valence-electron chi connectivity index (χ3n) is 2.69. The van der Waals surface area contributed by atoms with Crippen LogP contribution in [0.3, 0.4) is 0 Å². The summed E-state index contributed by atoms with van der Waals surface area (Å²) in [5.74, 6) is 1.60. The first-order valence-electron chi connectivity index (χ1n) is 6.60. The van der Waals surface area contributed by atoms with Crippen molar-refractivity contribution in [2.45, 2.75) is 30.9 Å². The molecule has 2 aromatic carbocycles. The van der Waals surface area contributed by atoms with Crippen LogP contribution in [0, 0.1) is 0 Å². The molecule has 2 nitrogen and oxygen atoms in total. The number of Topliss-reactive ketones (excluding diaryl/α,β-unsaturated/α-hetero) is 1. The third kappa shape index (κ3) is 4.14. The zero-order valence-corrected chi connectivity index (χ0v) is 12.7. The molecule has 0 aromatic heterocycles. The number of hydrogen-bond donors (Lipinski definition) is 0. The molecule has 0 N–H and O–H groups in total. The highest BCUT2D eigenvalue weighted by atomic mass is 32.2. The SMILES string of the molecule is CC(=O)c1ccc(Oc2ccc(SC(C)C)cc2)cc1. The van der Waals surface area contributed by atoms with Crippen LogP contribution < -0.4 is 4.74 Å². The summed E-state index contributed by atoms with van der Waals surface area (Å²) in [5, 5.41) is 0.570. The average molecular weight is 286 g/mol. The molecule has 0 unspecified atom stereocenters.